The highest BCUT2D eigenvalue weighted by atomic mass is 16.5. The number of aryl methyl sites for hydroxylation is 1. The van der Waals surface area contributed by atoms with Gasteiger partial charge in [-0.15, -0.1) is 0 Å². The molecule has 6 heteroatoms. The van der Waals surface area contributed by atoms with Crippen molar-refractivity contribution in [2.24, 2.45) is 0 Å². The number of imidazole rings is 1. The Bertz CT molecular complexity index is 994. The number of carbonyl (C=O) groups excluding carboxylic acids is 1. The van der Waals surface area contributed by atoms with Crippen LogP contribution in [0.5, 0.6) is 5.75 Å². The van der Waals surface area contributed by atoms with Crippen molar-refractivity contribution in [2.75, 3.05) is 39.2 Å². The summed E-state index contributed by atoms with van der Waals surface area (Å²) in [6.07, 6.45) is 1.53. The lowest BCUT2D eigenvalue weighted by Crippen LogP contribution is -2.24. The maximum absolute atomic E-state index is 12.8. The molecule has 29 heavy (non-hydrogen) atoms. The molecule has 0 saturated carbocycles. The minimum absolute atomic E-state index is 0.0938. The second kappa shape index (κ2) is 8.25. The lowest BCUT2D eigenvalue weighted by molar-refractivity contribution is -0.117. The first-order valence-corrected chi connectivity index (χ1v) is 10.1. The molecule has 0 unspecified atom stereocenters. The number of methoxy groups -OCH3 is 1. The van der Waals surface area contributed by atoms with Gasteiger partial charge in [-0.1, -0.05) is 12.1 Å². The first kappa shape index (κ1) is 19.5. The summed E-state index contributed by atoms with van der Waals surface area (Å²) < 4.78 is 7.55. The van der Waals surface area contributed by atoms with E-state index < -0.39 is 0 Å². The summed E-state index contributed by atoms with van der Waals surface area (Å²) in [6, 6.07) is 15.9. The van der Waals surface area contributed by atoms with E-state index in [2.05, 4.69) is 41.8 Å². The van der Waals surface area contributed by atoms with Gasteiger partial charge in [0.15, 0.2) is 0 Å². The van der Waals surface area contributed by atoms with Gasteiger partial charge in [-0.25, -0.2) is 4.98 Å². The maximum atomic E-state index is 12.8. The summed E-state index contributed by atoms with van der Waals surface area (Å²) in [5.41, 5.74) is 3.06. The Balaban J connectivity index is 1.61. The van der Waals surface area contributed by atoms with Crippen LogP contribution in [-0.2, 0) is 11.3 Å². The molecule has 0 bridgehead atoms. The molecule has 2 heterocycles. The molecule has 0 N–H and O–H groups in total. The average Bonchev–Trinajstić information content (AvgIpc) is 3.28. The van der Waals surface area contributed by atoms with E-state index in [1.807, 2.05) is 35.2 Å². The molecule has 1 aliphatic rings. The van der Waals surface area contributed by atoms with Crippen LogP contribution in [-0.4, -0.2) is 54.7 Å². The van der Waals surface area contributed by atoms with E-state index in [-0.39, 0.29) is 11.8 Å². The predicted octanol–water partition coefficient (Wildman–Crippen LogP) is 3.52. The largest absolute Gasteiger partial charge is 0.497 e. The minimum atomic E-state index is 0.0938. The van der Waals surface area contributed by atoms with E-state index in [0.29, 0.717) is 13.0 Å². The SMILES string of the molecule is COc1ccc(N2C[C@@H](c3nc4ccccc4n3CCCN(C)C)CC2=O)cc1. The standard InChI is InChI=1S/C23H28N4O2/c1-25(2)13-6-14-26-21-8-5-4-7-20(21)24-23(26)17-15-22(28)27(16-17)18-9-11-19(29-3)12-10-18/h4-5,7-12,17H,6,13-16H2,1-3H3/t17-/m0/s1. The summed E-state index contributed by atoms with van der Waals surface area (Å²) in [5, 5.41) is 0. The van der Waals surface area contributed by atoms with Gasteiger partial charge in [-0.05, 0) is 63.5 Å². The van der Waals surface area contributed by atoms with E-state index in [1.54, 1.807) is 7.11 Å². The second-order valence-electron chi connectivity index (χ2n) is 7.87. The highest BCUT2D eigenvalue weighted by molar-refractivity contribution is 5.96. The van der Waals surface area contributed by atoms with Crippen LogP contribution >= 0.6 is 0 Å². The van der Waals surface area contributed by atoms with Crippen molar-refractivity contribution in [3.05, 3.63) is 54.4 Å². The molecule has 2 aromatic carbocycles. The van der Waals surface area contributed by atoms with E-state index in [1.165, 1.54) is 0 Å². The zero-order valence-electron chi connectivity index (χ0n) is 17.3. The monoisotopic (exact) mass is 392 g/mol. The molecule has 0 radical (unpaired) electrons. The number of hydrogen-bond donors (Lipinski definition) is 0. The van der Waals surface area contributed by atoms with Crippen molar-refractivity contribution in [3.8, 4) is 5.75 Å². The van der Waals surface area contributed by atoms with Crippen LogP contribution in [0.4, 0.5) is 5.69 Å². The van der Waals surface area contributed by atoms with Crippen molar-refractivity contribution in [2.45, 2.75) is 25.3 Å². The Morgan fingerprint density at radius 2 is 1.90 bits per heavy atom. The number of amides is 1. The molecule has 1 aromatic heterocycles. The summed E-state index contributed by atoms with van der Waals surface area (Å²) in [4.78, 5) is 21.8. The van der Waals surface area contributed by atoms with Crippen molar-refractivity contribution in [1.29, 1.82) is 0 Å². The van der Waals surface area contributed by atoms with Crippen LogP contribution in [0.25, 0.3) is 11.0 Å². The smallest absolute Gasteiger partial charge is 0.227 e. The predicted molar refractivity (Wildman–Crippen MR) is 116 cm³/mol. The number of ether oxygens (including phenoxy) is 1. The van der Waals surface area contributed by atoms with E-state index in [9.17, 15) is 4.79 Å². The Labute approximate surface area is 171 Å². The summed E-state index contributed by atoms with van der Waals surface area (Å²) in [7, 11) is 5.83. The van der Waals surface area contributed by atoms with Gasteiger partial charge in [0.25, 0.3) is 0 Å². The number of rotatable bonds is 7. The molecule has 0 aliphatic carbocycles. The molecule has 4 rings (SSSR count). The number of hydrogen-bond acceptors (Lipinski definition) is 4. The van der Waals surface area contributed by atoms with Crippen molar-refractivity contribution in [1.82, 2.24) is 14.5 Å². The molecular formula is C23H28N4O2. The topological polar surface area (TPSA) is 50.6 Å². The number of aromatic nitrogens is 2. The number of anilines is 1. The molecule has 1 fully saturated rings. The average molecular weight is 393 g/mol. The fourth-order valence-corrected chi connectivity index (χ4v) is 4.08. The molecule has 6 nitrogen and oxygen atoms in total. The lowest BCUT2D eigenvalue weighted by atomic mass is 10.1. The van der Waals surface area contributed by atoms with Crippen LogP contribution in [0, 0.1) is 0 Å². The van der Waals surface area contributed by atoms with Crippen molar-refractivity contribution >= 4 is 22.6 Å². The Morgan fingerprint density at radius 1 is 1.14 bits per heavy atom. The summed E-state index contributed by atoms with van der Waals surface area (Å²) in [6.45, 7) is 2.58. The number of para-hydroxylation sites is 2. The molecule has 152 valence electrons. The minimum Gasteiger partial charge on any atom is -0.497 e. The van der Waals surface area contributed by atoms with Gasteiger partial charge < -0.3 is 19.1 Å². The Hall–Kier alpha value is -2.86. The van der Waals surface area contributed by atoms with Gasteiger partial charge in [0, 0.05) is 31.1 Å². The molecule has 1 atom stereocenters. The van der Waals surface area contributed by atoms with Gasteiger partial charge in [-0.2, -0.15) is 0 Å². The molecule has 1 saturated heterocycles. The maximum Gasteiger partial charge on any atom is 0.227 e. The van der Waals surface area contributed by atoms with Crippen LogP contribution in [0.3, 0.4) is 0 Å². The van der Waals surface area contributed by atoms with Gasteiger partial charge >= 0.3 is 0 Å². The number of fused-ring (bicyclic) bond motifs is 1. The van der Waals surface area contributed by atoms with Crippen molar-refractivity contribution < 1.29 is 9.53 Å². The highest BCUT2D eigenvalue weighted by Crippen LogP contribution is 2.33. The first-order chi connectivity index (χ1) is 14.1. The van der Waals surface area contributed by atoms with Crippen LogP contribution in [0.15, 0.2) is 48.5 Å². The van der Waals surface area contributed by atoms with Crippen LogP contribution < -0.4 is 9.64 Å². The number of carbonyl (C=O) groups is 1. The van der Waals surface area contributed by atoms with Crippen LogP contribution in [0.1, 0.15) is 24.6 Å². The van der Waals surface area contributed by atoms with E-state index >= 15 is 0 Å². The molecule has 1 aliphatic heterocycles. The third kappa shape index (κ3) is 3.98. The normalized spacial score (nSPS) is 16.9. The van der Waals surface area contributed by atoms with E-state index in [4.69, 9.17) is 9.72 Å². The van der Waals surface area contributed by atoms with E-state index in [0.717, 1.165) is 47.8 Å². The van der Waals surface area contributed by atoms with Gasteiger partial charge in [0.1, 0.15) is 11.6 Å². The lowest BCUT2D eigenvalue weighted by Gasteiger charge is -2.18. The Morgan fingerprint density at radius 3 is 2.62 bits per heavy atom. The van der Waals surface area contributed by atoms with Gasteiger partial charge in [0.2, 0.25) is 5.91 Å². The molecule has 1 amide bonds. The third-order valence-corrected chi connectivity index (χ3v) is 5.55. The van der Waals surface area contributed by atoms with Gasteiger partial charge in [-0.3, -0.25) is 4.79 Å². The summed E-state index contributed by atoms with van der Waals surface area (Å²) in [5.74, 6) is 2.05. The zero-order valence-corrected chi connectivity index (χ0v) is 17.3. The molecule has 0 spiro atoms. The zero-order chi connectivity index (χ0) is 20.4. The number of benzene rings is 2. The van der Waals surface area contributed by atoms with Crippen molar-refractivity contribution in [3.63, 3.8) is 0 Å². The highest BCUT2D eigenvalue weighted by Gasteiger charge is 2.34. The molecular weight excluding hydrogens is 364 g/mol. The van der Waals surface area contributed by atoms with Crippen LogP contribution in [0.2, 0.25) is 0 Å². The summed E-state index contributed by atoms with van der Waals surface area (Å²) >= 11 is 0. The van der Waals surface area contributed by atoms with Gasteiger partial charge in [0.05, 0.1) is 18.1 Å². The second-order valence-corrected chi connectivity index (χ2v) is 7.87. The third-order valence-electron chi connectivity index (χ3n) is 5.55. The fraction of sp³-hybridized carbons (Fsp3) is 0.391. The first-order valence-electron chi connectivity index (χ1n) is 10.1. The number of nitrogens with zero attached hydrogens (tertiary/aromatic N) is 4. The fourth-order valence-electron chi connectivity index (χ4n) is 4.08. The quantitative estimate of drug-likeness (QED) is 0.617. The Kier molecular flexibility index (Phi) is 5.53. The molecule has 3 aromatic rings.